The molecule has 1 aromatic carbocycles. The Balaban J connectivity index is 1.96. The van der Waals surface area contributed by atoms with Crippen molar-refractivity contribution in [2.75, 3.05) is 27.3 Å². The minimum Gasteiger partial charge on any atom is -0.459 e. The second-order valence-corrected chi connectivity index (χ2v) is 16.7. The largest absolute Gasteiger partial charge is 0.459 e. The zero-order valence-corrected chi connectivity index (χ0v) is 35.2. The third kappa shape index (κ3) is 10.8. The zero-order chi connectivity index (χ0) is 42.6. The number of hydrogen-bond donors (Lipinski definition) is 2. The number of carbonyl (C=O) groups excluding carboxylic acids is 3. The molecule has 2 N–H and O–H groups in total. The normalized spacial score (nSPS) is 38.9. The number of nitrogens with zero attached hydrogens (tertiary/aromatic N) is 4. The quantitative estimate of drug-likeness (QED) is 0.173. The van der Waals surface area contributed by atoms with E-state index in [9.17, 15) is 34.7 Å². The number of ether oxygens (including phenoxy) is 5. The van der Waals surface area contributed by atoms with E-state index in [4.69, 9.17) is 28.7 Å². The fraction of sp³-hybridized carbons (Fsp3) is 0.732. The number of Topliss-reactive ketones (excluding diaryl/α,β-unsaturated/α-hetero) is 1. The number of nitro groups is 1. The molecule has 3 aliphatic heterocycles. The molecule has 3 saturated heterocycles. The topological polar surface area (TPSA) is 209 Å². The van der Waals surface area contributed by atoms with Crippen molar-refractivity contribution >= 4 is 34.8 Å². The first-order valence-electron chi connectivity index (χ1n) is 19.8. The van der Waals surface area contributed by atoms with Gasteiger partial charge in [0.05, 0.1) is 54.3 Å². The van der Waals surface area contributed by atoms with Crippen LogP contribution in [0.4, 0.5) is 5.69 Å². The number of nitro benzene ring substituents is 1. The van der Waals surface area contributed by atoms with Crippen molar-refractivity contribution in [3.8, 4) is 0 Å². The molecule has 3 fully saturated rings. The highest BCUT2D eigenvalue weighted by atomic mass is 16.7. The maximum absolute atomic E-state index is 14.5. The van der Waals surface area contributed by atoms with Crippen LogP contribution in [0, 0.1) is 33.8 Å². The van der Waals surface area contributed by atoms with Gasteiger partial charge in [-0.2, -0.15) is 0 Å². The highest BCUT2D eigenvalue weighted by molar-refractivity contribution is 6.00. The minimum absolute atomic E-state index is 0.0640. The summed E-state index contributed by atoms with van der Waals surface area (Å²) in [5.74, 6) is -5.41. The van der Waals surface area contributed by atoms with Gasteiger partial charge in [0.2, 0.25) is 5.91 Å². The molecule has 3 aliphatic rings. The summed E-state index contributed by atoms with van der Waals surface area (Å²) in [5, 5.41) is 35.3. The molecular formula is C41H62N4O12. The average Bonchev–Trinajstić information content (AvgIpc) is 3.16. The van der Waals surface area contributed by atoms with Gasteiger partial charge in [0, 0.05) is 42.6 Å². The van der Waals surface area contributed by atoms with Crippen molar-refractivity contribution < 1.29 is 53.2 Å². The lowest BCUT2D eigenvalue weighted by molar-refractivity contribution is -0.384. The standard InChI is InChI=1S/C41H62N4O12/c1-12-32-41(9,50)37-24(4)33(43-27(7)46)22(2)18-40(8,54-21-29(20-53-37)42-19-28-13-15-30(16-14-28)45(51)52)36(25(5)34(47)26(6)38(49)56-32)57-39-35(48)31(44(10)11)17-23(3)55-39/h13-16,22-26,31-32,35-37,39,48,50H,12,17-21H2,1-11H3/t22-,23-,24+,25+,26-,31+,32-,35-,36-,37?,39+,40-,41-/m1/s1. The number of aliphatic hydroxyl groups excluding tert-OH is 1. The number of rotatable bonds is 7. The fourth-order valence-corrected chi connectivity index (χ4v) is 8.57. The minimum atomic E-state index is -1.86. The molecular weight excluding hydrogens is 740 g/mol. The van der Waals surface area contributed by atoms with E-state index in [-0.39, 0.29) is 50.4 Å². The smallest absolute Gasteiger partial charge is 0.316 e. The molecule has 0 aliphatic carbocycles. The Morgan fingerprint density at radius 2 is 1.72 bits per heavy atom. The van der Waals surface area contributed by atoms with Gasteiger partial charge < -0.3 is 38.8 Å². The van der Waals surface area contributed by atoms with Crippen LogP contribution in [0.5, 0.6) is 0 Å². The van der Waals surface area contributed by atoms with Crippen LogP contribution in [-0.4, -0.2) is 130 Å². The Labute approximate surface area is 335 Å². The Bertz CT molecular complexity index is 1660. The number of benzene rings is 1. The predicted octanol–water partition coefficient (Wildman–Crippen LogP) is 4.10. The Kier molecular flexibility index (Phi) is 15.4. The summed E-state index contributed by atoms with van der Waals surface area (Å²) < 4.78 is 32.4. The number of cyclic esters (lactones) is 1. The number of aliphatic hydroxyl groups is 2. The number of esters is 1. The van der Waals surface area contributed by atoms with E-state index in [0.717, 1.165) is 0 Å². The van der Waals surface area contributed by atoms with Crippen LogP contribution in [0.15, 0.2) is 34.3 Å². The molecule has 16 heteroatoms. The van der Waals surface area contributed by atoms with Crippen molar-refractivity contribution in [2.45, 2.75) is 142 Å². The summed E-state index contributed by atoms with van der Waals surface area (Å²) >= 11 is 0. The van der Waals surface area contributed by atoms with Crippen LogP contribution in [0.2, 0.25) is 0 Å². The van der Waals surface area contributed by atoms with E-state index in [2.05, 4.69) is 4.99 Å². The van der Waals surface area contributed by atoms with Crippen LogP contribution in [0.1, 0.15) is 87.1 Å². The highest BCUT2D eigenvalue weighted by Gasteiger charge is 2.53. The van der Waals surface area contributed by atoms with Gasteiger partial charge in [0.25, 0.3) is 5.69 Å². The van der Waals surface area contributed by atoms with E-state index in [1.165, 1.54) is 32.9 Å². The Morgan fingerprint density at radius 1 is 1.07 bits per heavy atom. The van der Waals surface area contributed by atoms with E-state index in [0.29, 0.717) is 23.4 Å². The molecule has 57 heavy (non-hydrogen) atoms. The number of aliphatic imine (C=N–C) groups is 2. The van der Waals surface area contributed by atoms with Crippen molar-refractivity contribution in [1.29, 1.82) is 0 Å². The lowest BCUT2D eigenvalue weighted by Crippen LogP contribution is -2.60. The van der Waals surface area contributed by atoms with Gasteiger partial charge in [-0.3, -0.25) is 29.5 Å². The molecule has 1 amide bonds. The summed E-state index contributed by atoms with van der Waals surface area (Å²) in [5.41, 5.74) is -1.86. The summed E-state index contributed by atoms with van der Waals surface area (Å²) in [6.07, 6.45) is -5.21. The maximum atomic E-state index is 14.5. The number of amides is 1. The predicted molar refractivity (Wildman–Crippen MR) is 211 cm³/mol. The molecule has 2 bridgehead atoms. The van der Waals surface area contributed by atoms with Crippen molar-refractivity contribution in [1.82, 2.24) is 4.90 Å². The lowest BCUT2D eigenvalue weighted by Gasteiger charge is -2.47. The Hall–Kier alpha value is -3.51. The van der Waals surface area contributed by atoms with E-state index >= 15 is 0 Å². The first-order valence-corrected chi connectivity index (χ1v) is 19.8. The molecule has 13 atom stereocenters. The van der Waals surface area contributed by atoms with Gasteiger partial charge in [0.1, 0.15) is 23.7 Å². The van der Waals surface area contributed by atoms with Crippen molar-refractivity contribution in [3.05, 3.63) is 39.9 Å². The van der Waals surface area contributed by atoms with Crippen LogP contribution in [0.25, 0.3) is 0 Å². The number of ketones is 1. The van der Waals surface area contributed by atoms with Crippen LogP contribution in [0.3, 0.4) is 0 Å². The monoisotopic (exact) mass is 802 g/mol. The van der Waals surface area contributed by atoms with E-state index in [1.54, 1.807) is 39.8 Å². The average molecular weight is 803 g/mol. The molecule has 1 unspecified atom stereocenters. The number of carbonyl (C=O) groups is 3. The molecule has 0 saturated carbocycles. The molecule has 3 heterocycles. The van der Waals surface area contributed by atoms with Crippen LogP contribution >= 0.6 is 0 Å². The highest BCUT2D eigenvalue weighted by Crippen LogP contribution is 2.40. The second-order valence-electron chi connectivity index (χ2n) is 16.7. The third-order valence-electron chi connectivity index (χ3n) is 11.8. The summed E-state index contributed by atoms with van der Waals surface area (Å²) in [7, 11) is 3.70. The summed E-state index contributed by atoms with van der Waals surface area (Å²) in [6, 6.07) is 5.65. The second kappa shape index (κ2) is 19.0. The van der Waals surface area contributed by atoms with Gasteiger partial charge in [-0.05, 0) is 72.5 Å². The van der Waals surface area contributed by atoms with Gasteiger partial charge in [0.15, 0.2) is 12.1 Å². The number of fused-ring (bicyclic) bond motifs is 5. The number of hydrogen-bond acceptors (Lipinski definition) is 14. The van der Waals surface area contributed by atoms with Gasteiger partial charge >= 0.3 is 5.97 Å². The molecule has 0 spiro atoms. The molecule has 318 valence electrons. The van der Waals surface area contributed by atoms with Crippen molar-refractivity contribution in [2.24, 2.45) is 33.7 Å². The molecule has 4 rings (SSSR count). The van der Waals surface area contributed by atoms with E-state index < -0.39 is 88.2 Å². The van der Waals surface area contributed by atoms with Crippen LogP contribution in [-0.2, 0) is 44.6 Å². The third-order valence-corrected chi connectivity index (χ3v) is 11.8. The molecule has 16 nitrogen and oxygen atoms in total. The van der Waals surface area contributed by atoms with E-state index in [1.807, 2.05) is 32.8 Å². The number of likely N-dealkylation sites (N-methyl/N-ethyl adjacent to an activating group) is 1. The first-order chi connectivity index (χ1) is 26.6. The van der Waals surface area contributed by atoms with Gasteiger partial charge in [-0.1, -0.05) is 39.8 Å². The number of non-ortho nitro benzene ring substituents is 1. The van der Waals surface area contributed by atoms with Crippen LogP contribution < -0.4 is 0 Å². The zero-order valence-electron chi connectivity index (χ0n) is 35.2. The van der Waals surface area contributed by atoms with Crippen molar-refractivity contribution in [3.63, 3.8) is 0 Å². The summed E-state index contributed by atoms with van der Waals surface area (Å²) in [6.45, 7) is 14.8. The lowest BCUT2D eigenvalue weighted by atomic mass is 9.73. The first kappa shape index (κ1) is 46.2. The molecule has 1 aromatic rings. The molecule has 0 aromatic heterocycles. The SMILES string of the molecule is CC[C@H]1OC(=O)[C@H](C)C(=O)[C@H](C)[C@@H](O[C@@H]2O[C@H](C)C[C@H](N(C)C)[C@H]2O)[C@@]2(C)C[C@@H](C)C(=NC(C)=O)[C@H](C)C(OCC(=NCc3ccc([N+](=O)[O-])cc3)CO2)[C@]1(C)O. The maximum Gasteiger partial charge on any atom is 0.316 e. The molecule has 0 radical (unpaired) electrons. The van der Waals surface area contributed by atoms with Gasteiger partial charge in [-0.15, -0.1) is 0 Å². The Morgan fingerprint density at radius 3 is 2.30 bits per heavy atom. The summed E-state index contributed by atoms with van der Waals surface area (Å²) in [4.78, 5) is 63.0. The fourth-order valence-electron chi connectivity index (χ4n) is 8.57. The van der Waals surface area contributed by atoms with Gasteiger partial charge in [-0.25, -0.2) is 4.99 Å².